The van der Waals surface area contributed by atoms with Crippen LogP contribution in [0.25, 0.3) is 4.85 Å². The van der Waals surface area contributed by atoms with E-state index >= 15 is 0 Å². The molecule has 0 amide bonds. The lowest BCUT2D eigenvalue weighted by Gasteiger charge is -1.87. The highest BCUT2D eigenvalue weighted by molar-refractivity contribution is 5.51. The second kappa shape index (κ2) is 7.69. The van der Waals surface area contributed by atoms with E-state index in [0.29, 0.717) is 5.56 Å². The summed E-state index contributed by atoms with van der Waals surface area (Å²) in [4.78, 5) is 4.22. The molecule has 0 saturated carbocycles. The van der Waals surface area contributed by atoms with E-state index in [2.05, 4.69) is 17.0 Å². The van der Waals surface area contributed by atoms with Gasteiger partial charge >= 0.3 is 11.8 Å². The van der Waals surface area contributed by atoms with Gasteiger partial charge in [-0.2, -0.15) is 5.26 Å². The van der Waals surface area contributed by atoms with E-state index in [1.807, 2.05) is 45.0 Å². The average molecular weight is 249 g/mol. The van der Waals surface area contributed by atoms with Gasteiger partial charge in [0, 0.05) is 12.1 Å². The number of rotatable bonds is 0. The molecular weight excluding hydrogens is 232 g/mol. The molecule has 2 heteroatoms. The number of benzene rings is 2. The normalized spacial score (nSPS) is 8.32. The molecular formula is C17H17N2+. The number of nitrogens with zero attached hydrogens (tertiary/aromatic N) is 2. The van der Waals surface area contributed by atoms with Crippen LogP contribution in [0.2, 0.25) is 0 Å². The van der Waals surface area contributed by atoms with Crippen LogP contribution < -0.4 is 0 Å². The highest BCUT2D eigenvalue weighted by Crippen LogP contribution is 2.13. The first kappa shape index (κ1) is 14.5. The third-order valence-electron chi connectivity index (χ3n) is 2.36. The molecule has 94 valence electrons. The molecule has 0 bridgehead atoms. The maximum Gasteiger partial charge on any atom is 0.340 e. The Labute approximate surface area is 114 Å². The van der Waals surface area contributed by atoms with Crippen LogP contribution >= 0.6 is 0 Å². The molecule has 0 aromatic heterocycles. The first-order valence-electron chi connectivity index (χ1n) is 6.31. The molecule has 0 atom stereocenters. The van der Waals surface area contributed by atoms with Gasteiger partial charge in [0.25, 0.3) is 0 Å². The van der Waals surface area contributed by atoms with Gasteiger partial charge in [0.1, 0.15) is 5.56 Å². The minimum Gasteiger partial charge on any atom is -0.192 e. The van der Waals surface area contributed by atoms with Crippen molar-refractivity contribution in [2.75, 3.05) is 0 Å². The van der Waals surface area contributed by atoms with Crippen molar-refractivity contribution in [2.45, 2.75) is 20.8 Å². The molecule has 2 aromatic carbocycles. The van der Waals surface area contributed by atoms with Gasteiger partial charge in [-0.3, -0.25) is 0 Å². The number of hydrogen-bond donors (Lipinski definition) is 0. The highest BCUT2D eigenvalue weighted by Gasteiger charge is 2.01. The molecule has 0 unspecified atom stereocenters. The third-order valence-corrected chi connectivity index (χ3v) is 2.36. The summed E-state index contributed by atoms with van der Waals surface area (Å²) >= 11 is 0. The van der Waals surface area contributed by atoms with E-state index in [0.717, 1.165) is 11.3 Å². The van der Waals surface area contributed by atoms with Gasteiger partial charge in [0.15, 0.2) is 0 Å². The lowest BCUT2D eigenvalue weighted by atomic mass is 10.2. The molecule has 0 saturated heterocycles. The predicted molar refractivity (Wildman–Crippen MR) is 79.7 cm³/mol. The van der Waals surface area contributed by atoms with E-state index in [1.54, 1.807) is 24.3 Å². The van der Waals surface area contributed by atoms with Crippen molar-refractivity contribution in [3.63, 3.8) is 0 Å². The van der Waals surface area contributed by atoms with Gasteiger partial charge in [-0.15, -0.1) is 0 Å². The first-order valence-corrected chi connectivity index (χ1v) is 6.31. The fraction of sp³-hybridized carbons (Fsp3) is 0.176. The number of hydrogen-bond acceptors (Lipinski definition) is 1. The average Bonchev–Trinajstić information content (AvgIpc) is 2.49. The van der Waals surface area contributed by atoms with Crippen LogP contribution in [0.4, 0.5) is 5.69 Å². The smallest absolute Gasteiger partial charge is 0.192 e. The monoisotopic (exact) mass is 249 g/mol. The summed E-state index contributed by atoms with van der Waals surface area (Å²) in [5.41, 5.74) is 3.60. The van der Waals surface area contributed by atoms with E-state index in [1.165, 1.54) is 5.56 Å². The summed E-state index contributed by atoms with van der Waals surface area (Å²) in [6.45, 7) is 6.04. The summed E-state index contributed by atoms with van der Waals surface area (Å²) in [5.74, 6) is 0. The Morgan fingerprint density at radius 1 is 0.842 bits per heavy atom. The lowest BCUT2D eigenvalue weighted by molar-refractivity contribution is 1.46. The second-order valence-electron chi connectivity index (χ2n) is 3.75. The minimum absolute atomic E-state index is 0.638. The molecule has 19 heavy (non-hydrogen) atoms. The first-order chi connectivity index (χ1) is 9.28. The van der Waals surface area contributed by atoms with Crippen molar-refractivity contribution in [3.05, 3.63) is 70.1 Å². The van der Waals surface area contributed by atoms with Crippen molar-refractivity contribution in [1.29, 1.82) is 5.26 Å². The SMILES string of the molecule is CC.Cc1ccc(C#[N+]c2ccc(C#N)cc2)cc1. The Morgan fingerprint density at radius 2 is 1.37 bits per heavy atom. The Morgan fingerprint density at radius 3 is 1.89 bits per heavy atom. The van der Waals surface area contributed by atoms with Crippen molar-refractivity contribution in [1.82, 2.24) is 0 Å². The Bertz CT molecular complexity index is 606. The molecule has 0 radical (unpaired) electrons. The van der Waals surface area contributed by atoms with Crippen molar-refractivity contribution in [3.8, 4) is 12.1 Å². The van der Waals surface area contributed by atoms with Crippen LogP contribution in [0.3, 0.4) is 0 Å². The third kappa shape index (κ3) is 4.66. The largest absolute Gasteiger partial charge is 0.340 e. The topological polar surface area (TPSA) is 28.1 Å². The van der Waals surface area contributed by atoms with Crippen LogP contribution in [-0.4, -0.2) is 0 Å². The molecule has 2 rings (SSSR count). The molecule has 0 N–H and O–H groups in total. The maximum absolute atomic E-state index is 8.67. The molecule has 0 aliphatic carbocycles. The van der Waals surface area contributed by atoms with Crippen LogP contribution in [0.1, 0.15) is 30.5 Å². The van der Waals surface area contributed by atoms with E-state index < -0.39 is 0 Å². The lowest BCUT2D eigenvalue weighted by Crippen LogP contribution is -1.74. The summed E-state index contributed by atoms with van der Waals surface area (Å²) in [6.07, 6.45) is 0. The minimum atomic E-state index is 0.638. The predicted octanol–water partition coefficient (Wildman–Crippen LogP) is 4.91. The molecule has 0 fully saturated rings. The quantitative estimate of drug-likeness (QED) is 0.652. The maximum atomic E-state index is 8.67. The molecule has 0 aliphatic rings. The summed E-state index contributed by atoms with van der Waals surface area (Å²) < 4.78 is 0. The van der Waals surface area contributed by atoms with E-state index in [4.69, 9.17) is 5.26 Å². The van der Waals surface area contributed by atoms with Crippen molar-refractivity contribution < 1.29 is 0 Å². The molecule has 2 nitrogen and oxygen atoms in total. The highest BCUT2D eigenvalue weighted by atomic mass is 14.7. The van der Waals surface area contributed by atoms with Crippen LogP contribution in [0.5, 0.6) is 0 Å². The van der Waals surface area contributed by atoms with Gasteiger partial charge in [0.05, 0.1) is 11.6 Å². The second-order valence-corrected chi connectivity index (χ2v) is 3.75. The van der Waals surface area contributed by atoms with Gasteiger partial charge in [-0.05, 0) is 36.0 Å². The van der Waals surface area contributed by atoms with Gasteiger partial charge in [-0.1, -0.05) is 31.5 Å². The zero-order chi connectivity index (χ0) is 14.1. The molecule has 0 spiro atoms. The van der Waals surface area contributed by atoms with Crippen LogP contribution in [-0.2, 0) is 0 Å². The Kier molecular flexibility index (Phi) is 5.86. The fourth-order valence-corrected chi connectivity index (χ4v) is 1.37. The summed E-state index contributed by atoms with van der Waals surface area (Å²) in [7, 11) is 0. The van der Waals surface area contributed by atoms with E-state index in [-0.39, 0.29) is 0 Å². The van der Waals surface area contributed by atoms with Gasteiger partial charge in [-0.25, -0.2) is 0 Å². The molecule has 0 heterocycles. The molecule has 2 aromatic rings. The number of aryl methyl sites for hydroxylation is 1. The zero-order valence-electron chi connectivity index (χ0n) is 11.5. The summed E-state index contributed by atoms with van der Waals surface area (Å²) in [5, 5.41) is 8.67. The van der Waals surface area contributed by atoms with Crippen molar-refractivity contribution >= 4 is 5.69 Å². The van der Waals surface area contributed by atoms with Crippen LogP contribution in [0.15, 0.2) is 48.5 Å². The Balaban J connectivity index is 0.000000861. The Hall–Kier alpha value is -2.58. The van der Waals surface area contributed by atoms with E-state index in [9.17, 15) is 0 Å². The molecule has 0 aliphatic heterocycles. The summed E-state index contributed by atoms with van der Waals surface area (Å²) in [6, 6.07) is 20.1. The van der Waals surface area contributed by atoms with Crippen LogP contribution in [0, 0.1) is 24.3 Å². The van der Waals surface area contributed by atoms with Gasteiger partial charge in [0.2, 0.25) is 0 Å². The fourth-order valence-electron chi connectivity index (χ4n) is 1.37. The zero-order valence-corrected chi connectivity index (χ0v) is 11.5. The van der Waals surface area contributed by atoms with Crippen molar-refractivity contribution in [2.24, 2.45) is 0 Å². The van der Waals surface area contributed by atoms with Gasteiger partial charge < -0.3 is 0 Å². The standard InChI is InChI=1S/C15H11N2.C2H6/c1-12-2-4-14(5-3-12)11-17-15-8-6-13(10-16)7-9-15;1-2/h2-9H,1H3;1-2H3/q+1;. The number of nitriles is 1.